The summed E-state index contributed by atoms with van der Waals surface area (Å²) in [6.45, 7) is 1.99. The summed E-state index contributed by atoms with van der Waals surface area (Å²) < 4.78 is 0. The number of carbonyl (C=O) groups excluding carboxylic acids is 2. The molecular weight excluding hydrogens is 254 g/mol. The van der Waals surface area contributed by atoms with E-state index < -0.39 is 0 Å². The lowest BCUT2D eigenvalue weighted by atomic mass is 9.97. The van der Waals surface area contributed by atoms with E-state index >= 15 is 0 Å². The Morgan fingerprint density at radius 3 is 2.70 bits per heavy atom. The summed E-state index contributed by atoms with van der Waals surface area (Å²) in [5, 5.41) is 2.76. The molecule has 1 atom stereocenters. The predicted octanol–water partition coefficient (Wildman–Crippen LogP) is 0.500. The molecule has 0 spiro atoms. The van der Waals surface area contributed by atoms with Gasteiger partial charge in [0.05, 0.1) is 5.92 Å². The third-order valence-corrected chi connectivity index (χ3v) is 3.54. The fourth-order valence-corrected chi connectivity index (χ4v) is 2.43. The van der Waals surface area contributed by atoms with Gasteiger partial charge in [-0.3, -0.25) is 9.59 Å². The molecule has 1 aliphatic rings. The van der Waals surface area contributed by atoms with Gasteiger partial charge < -0.3 is 16.0 Å². The van der Waals surface area contributed by atoms with E-state index in [-0.39, 0.29) is 17.7 Å². The number of carbonyl (C=O) groups is 2. The monoisotopic (exact) mass is 275 g/mol. The second kappa shape index (κ2) is 7.05. The van der Waals surface area contributed by atoms with Gasteiger partial charge in [0.2, 0.25) is 11.8 Å². The van der Waals surface area contributed by atoms with Crippen LogP contribution in [0.3, 0.4) is 0 Å². The highest BCUT2D eigenvalue weighted by molar-refractivity contribution is 5.83. The molecule has 20 heavy (non-hydrogen) atoms. The van der Waals surface area contributed by atoms with E-state index in [1.54, 1.807) is 4.90 Å². The van der Waals surface area contributed by atoms with Crippen LogP contribution in [0.15, 0.2) is 30.3 Å². The smallest absolute Gasteiger partial charge is 0.227 e. The summed E-state index contributed by atoms with van der Waals surface area (Å²) in [4.78, 5) is 25.5. The molecule has 1 aromatic rings. The summed E-state index contributed by atoms with van der Waals surface area (Å²) in [6, 6.07) is 9.87. The summed E-state index contributed by atoms with van der Waals surface area (Å²) in [5.74, 6) is -0.00949. The van der Waals surface area contributed by atoms with E-state index in [1.807, 2.05) is 30.3 Å². The van der Waals surface area contributed by atoms with Crippen molar-refractivity contribution in [3.63, 3.8) is 0 Å². The van der Waals surface area contributed by atoms with Crippen molar-refractivity contribution < 1.29 is 9.59 Å². The van der Waals surface area contributed by atoms with E-state index in [1.165, 1.54) is 0 Å². The lowest BCUT2D eigenvalue weighted by molar-refractivity contribution is -0.138. The first-order valence-corrected chi connectivity index (χ1v) is 7.00. The quantitative estimate of drug-likeness (QED) is 0.821. The van der Waals surface area contributed by atoms with Crippen LogP contribution in [-0.2, 0) is 16.1 Å². The van der Waals surface area contributed by atoms with Gasteiger partial charge in [0.15, 0.2) is 0 Å². The van der Waals surface area contributed by atoms with Crippen LogP contribution in [0.2, 0.25) is 0 Å². The van der Waals surface area contributed by atoms with Crippen molar-refractivity contribution in [2.75, 3.05) is 19.6 Å². The SMILES string of the molecule is NCCN(Cc1ccccc1)C(=O)C1CCC(=O)NC1. The number of amides is 2. The van der Waals surface area contributed by atoms with Crippen LogP contribution in [0.25, 0.3) is 0 Å². The molecule has 1 aliphatic heterocycles. The van der Waals surface area contributed by atoms with E-state index in [0.717, 1.165) is 5.56 Å². The lowest BCUT2D eigenvalue weighted by Gasteiger charge is -2.29. The van der Waals surface area contributed by atoms with Crippen LogP contribution in [0.5, 0.6) is 0 Å². The average Bonchev–Trinajstić information content (AvgIpc) is 2.48. The Hall–Kier alpha value is -1.88. The third kappa shape index (κ3) is 3.81. The van der Waals surface area contributed by atoms with Gasteiger partial charge in [-0.15, -0.1) is 0 Å². The average molecular weight is 275 g/mol. The zero-order chi connectivity index (χ0) is 14.4. The van der Waals surface area contributed by atoms with Gasteiger partial charge in [0.25, 0.3) is 0 Å². The summed E-state index contributed by atoms with van der Waals surface area (Å²) in [6.07, 6.45) is 1.05. The zero-order valence-corrected chi connectivity index (χ0v) is 11.5. The van der Waals surface area contributed by atoms with Gasteiger partial charge in [-0.05, 0) is 12.0 Å². The minimum Gasteiger partial charge on any atom is -0.355 e. The van der Waals surface area contributed by atoms with Crippen molar-refractivity contribution in [1.82, 2.24) is 10.2 Å². The minimum absolute atomic E-state index is 0.0301. The first-order valence-electron chi connectivity index (χ1n) is 7.00. The van der Waals surface area contributed by atoms with E-state index in [2.05, 4.69) is 5.32 Å². The van der Waals surface area contributed by atoms with Crippen LogP contribution in [-0.4, -0.2) is 36.3 Å². The maximum Gasteiger partial charge on any atom is 0.227 e. The number of hydrogen-bond acceptors (Lipinski definition) is 3. The molecule has 1 heterocycles. The van der Waals surface area contributed by atoms with Crippen molar-refractivity contribution in [1.29, 1.82) is 0 Å². The van der Waals surface area contributed by atoms with Crippen LogP contribution >= 0.6 is 0 Å². The highest BCUT2D eigenvalue weighted by Gasteiger charge is 2.28. The molecule has 2 rings (SSSR count). The van der Waals surface area contributed by atoms with Crippen molar-refractivity contribution in [3.05, 3.63) is 35.9 Å². The molecular formula is C15H21N3O2. The maximum absolute atomic E-state index is 12.5. The number of nitrogens with two attached hydrogens (primary N) is 1. The molecule has 2 amide bonds. The van der Waals surface area contributed by atoms with Crippen LogP contribution in [0, 0.1) is 5.92 Å². The molecule has 108 valence electrons. The molecule has 1 saturated heterocycles. The molecule has 5 nitrogen and oxygen atoms in total. The van der Waals surface area contributed by atoms with Gasteiger partial charge in [0.1, 0.15) is 0 Å². The normalized spacial score (nSPS) is 18.4. The molecule has 0 aliphatic carbocycles. The van der Waals surface area contributed by atoms with Crippen LogP contribution < -0.4 is 11.1 Å². The number of piperidine rings is 1. The molecule has 0 saturated carbocycles. The number of nitrogens with zero attached hydrogens (tertiary/aromatic N) is 1. The largest absolute Gasteiger partial charge is 0.355 e. The van der Waals surface area contributed by atoms with Gasteiger partial charge in [-0.25, -0.2) is 0 Å². The summed E-state index contributed by atoms with van der Waals surface area (Å²) in [5.41, 5.74) is 6.70. The number of hydrogen-bond donors (Lipinski definition) is 2. The highest BCUT2D eigenvalue weighted by Crippen LogP contribution is 2.16. The highest BCUT2D eigenvalue weighted by atomic mass is 16.2. The summed E-state index contributed by atoms with van der Waals surface area (Å²) >= 11 is 0. The predicted molar refractivity (Wildman–Crippen MR) is 76.6 cm³/mol. The minimum atomic E-state index is -0.122. The number of nitrogens with one attached hydrogen (secondary N) is 1. The Kier molecular flexibility index (Phi) is 5.12. The van der Waals surface area contributed by atoms with Crippen LogP contribution in [0.4, 0.5) is 0 Å². The van der Waals surface area contributed by atoms with Crippen molar-refractivity contribution in [2.24, 2.45) is 11.7 Å². The Bertz CT molecular complexity index is 451. The second-order valence-electron chi connectivity index (χ2n) is 5.07. The Morgan fingerprint density at radius 1 is 1.35 bits per heavy atom. The first kappa shape index (κ1) is 14.5. The topological polar surface area (TPSA) is 75.4 Å². The summed E-state index contributed by atoms with van der Waals surface area (Å²) in [7, 11) is 0. The Labute approximate surface area is 119 Å². The van der Waals surface area contributed by atoms with Crippen molar-refractivity contribution >= 4 is 11.8 Å². The molecule has 1 fully saturated rings. The Balaban J connectivity index is 2.00. The van der Waals surface area contributed by atoms with Crippen molar-refractivity contribution in [2.45, 2.75) is 19.4 Å². The fourth-order valence-electron chi connectivity index (χ4n) is 2.43. The lowest BCUT2D eigenvalue weighted by Crippen LogP contribution is -2.45. The van der Waals surface area contributed by atoms with Gasteiger partial charge >= 0.3 is 0 Å². The van der Waals surface area contributed by atoms with Gasteiger partial charge in [-0.2, -0.15) is 0 Å². The first-order chi connectivity index (χ1) is 9.70. The number of benzene rings is 1. The molecule has 0 aromatic heterocycles. The van der Waals surface area contributed by atoms with Gasteiger partial charge in [0, 0.05) is 32.6 Å². The molecule has 0 radical (unpaired) electrons. The van der Waals surface area contributed by atoms with E-state index in [9.17, 15) is 9.59 Å². The maximum atomic E-state index is 12.5. The van der Waals surface area contributed by atoms with Crippen LogP contribution in [0.1, 0.15) is 18.4 Å². The molecule has 5 heteroatoms. The van der Waals surface area contributed by atoms with Crippen molar-refractivity contribution in [3.8, 4) is 0 Å². The standard InChI is InChI=1S/C15H21N3O2/c16-8-9-18(11-12-4-2-1-3-5-12)15(20)13-6-7-14(19)17-10-13/h1-5,13H,6-11,16H2,(H,17,19). The second-order valence-corrected chi connectivity index (χ2v) is 5.07. The molecule has 1 unspecified atom stereocenters. The van der Waals surface area contributed by atoms with Gasteiger partial charge in [-0.1, -0.05) is 30.3 Å². The Morgan fingerprint density at radius 2 is 2.10 bits per heavy atom. The molecule has 3 N–H and O–H groups in total. The van der Waals surface area contributed by atoms with E-state index in [0.29, 0.717) is 39.0 Å². The molecule has 0 bridgehead atoms. The third-order valence-electron chi connectivity index (χ3n) is 3.54. The molecule has 1 aromatic carbocycles. The van der Waals surface area contributed by atoms with E-state index in [4.69, 9.17) is 5.73 Å². The fraction of sp³-hybridized carbons (Fsp3) is 0.467. The zero-order valence-electron chi connectivity index (χ0n) is 11.5. The number of rotatable bonds is 5.